The molecule has 5 aromatic rings. The SMILES string of the molecule is CCN(CC)c1cccc2[cH-]c3ccccc3c12.[C-]1=CC=CC1.[Cl-].[Cl-].[Zr+2]=[C](c1ccccc1)c1ccccc1. The van der Waals surface area contributed by atoms with Crippen LogP contribution in [0.4, 0.5) is 5.69 Å². The summed E-state index contributed by atoms with van der Waals surface area (Å²) in [6.07, 6.45) is 10.0. The molecule has 0 heterocycles. The maximum absolute atomic E-state index is 2.99. The molecule has 0 radical (unpaired) electrons. The van der Waals surface area contributed by atoms with Crippen LogP contribution in [0.3, 0.4) is 0 Å². The number of benzene rings is 4. The Labute approximate surface area is 260 Å². The first-order valence-electron chi connectivity index (χ1n) is 13.0. The molecule has 5 aromatic carbocycles. The van der Waals surface area contributed by atoms with E-state index in [2.05, 4.69) is 140 Å². The number of halogens is 2. The van der Waals surface area contributed by atoms with Crippen LogP contribution in [0.5, 0.6) is 0 Å². The Kier molecular flexibility index (Phi) is 14.3. The summed E-state index contributed by atoms with van der Waals surface area (Å²) in [6, 6.07) is 38.7. The maximum atomic E-state index is 2.99. The molecule has 0 bridgehead atoms. The Morgan fingerprint density at radius 2 is 1.31 bits per heavy atom. The van der Waals surface area contributed by atoms with E-state index >= 15 is 0 Å². The van der Waals surface area contributed by atoms with E-state index in [0.29, 0.717) is 0 Å². The zero-order chi connectivity index (χ0) is 25.9. The number of allylic oxidation sites excluding steroid dienone is 4. The van der Waals surface area contributed by atoms with Crippen LogP contribution in [0, 0.1) is 6.08 Å². The van der Waals surface area contributed by atoms with Crippen LogP contribution in [0.1, 0.15) is 31.4 Å². The van der Waals surface area contributed by atoms with Crippen molar-refractivity contribution < 1.29 is 49.0 Å². The molecular formula is C35H33Cl2NZr-2. The first-order chi connectivity index (χ1) is 18.2. The van der Waals surface area contributed by atoms with Gasteiger partial charge in [0.25, 0.3) is 0 Å². The first kappa shape index (κ1) is 32.6. The van der Waals surface area contributed by atoms with Crippen LogP contribution in [0.15, 0.2) is 127 Å². The van der Waals surface area contributed by atoms with Crippen molar-refractivity contribution >= 4 is 30.4 Å². The van der Waals surface area contributed by atoms with E-state index in [1.807, 2.05) is 12.2 Å². The van der Waals surface area contributed by atoms with Crippen molar-refractivity contribution in [3.63, 3.8) is 0 Å². The molecule has 6 rings (SSSR count). The summed E-state index contributed by atoms with van der Waals surface area (Å²) in [6.45, 7) is 6.53. The molecule has 198 valence electrons. The molecule has 1 nitrogen and oxygen atoms in total. The van der Waals surface area contributed by atoms with E-state index in [-0.39, 0.29) is 24.8 Å². The van der Waals surface area contributed by atoms with E-state index in [9.17, 15) is 0 Å². The molecule has 0 spiro atoms. The van der Waals surface area contributed by atoms with Gasteiger partial charge < -0.3 is 29.7 Å². The van der Waals surface area contributed by atoms with Crippen molar-refractivity contribution in [2.45, 2.75) is 20.3 Å². The van der Waals surface area contributed by atoms with Crippen molar-refractivity contribution in [1.82, 2.24) is 0 Å². The van der Waals surface area contributed by atoms with Gasteiger partial charge in [-0.3, -0.25) is 6.08 Å². The van der Waals surface area contributed by atoms with Crippen LogP contribution in [-0.2, 0) is 24.2 Å². The average molecular weight is 630 g/mol. The van der Waals surface area contributed by atoms with Crippen LogP contribution >= 0.6 is 0 Å². The summed E-state index contributed by atoms with van der Waals surface area (Å²) >= 11 is 1.46. The number of anilines is 1. The third kappa shape index (κ3) is 8.67. The molecule has 0 atom stereocenters. The second kappa shape index (κ2) is 17.1. The Hall–Kier alpha value is -2.64. The number of rotatable bonds is 5. The summed E-state index contributed by atoms with van der Waals surface area (Å²) in [5.74, 6) is 0. The topological polar surface area (TPSA) is 3.24 Å². The molecule has 0 amide bonds. The molecule has 0 fully saturated rings. The summed E-state index contributed by atoms with van der Waals surface area (Å²) < 4.78 is 1.42. The Bertz CT molecular complexity index is 1430. The zero-order valence-corrected chi connectivity index (χ0v) is 26.4. The van der Waals surface area contributed by atoms with Gasteiger partial charge in [-0.05, 0) is 13.8 Å². The van der Waals surface area contributed by atoms with Crippen molar-refractivity contribution in [3.05, 3.63) is 145 Å². The summed E-state index contributed by atoms with van der Waals surface area (Å²) in [7, 11) is 0. The van der Waals surface area contributed by atoms with Crippen molar-refractivity contribution in [2.75, 3.05) is 18.0 Å². The molecule has 0 saturated carbocycles. The second-order valence-corrected chi connectivity index (χ2v) is 9.98. The Morgan fingerprint density at radius 1 is 0.744 bits per heavy atom. The third-order valence-corrected chi connectivity index (χ3v) is 7.85. The van der Waals surface area contributed by atoms with Gasteiger partial charge in [-0.15, -0.1) is 40.8 Å². The van der Waals surface area contributed by atoms with Crippen molar-refractivity contribution in [3.8, 4) is 0 Å². The standard InChI is InChI=1S/C17H18N.C13H10.C5H5.2ClH.Zr/c1-3-18(4-2)16-11-7-9-14-12-13-8-5-6-10-15(13)17(14)16;1-3-7-12(8-4-1)11-13-9-5-2-6-10-13;1-2-4-5-3-1;;;/h5-12H,3-4H2,1-2H3;1-10H;1-3H,4H2;2*1H;/q-1;;-1;;;+2/p-2. The number of nitrogens with zero attached hydrogens (tertiary/aromatic N) is 1. The van der Waals surface area contributed by atoms with Crippen LogP contribution < -0.4 is 29.7 Å². The quantitative estimate of drug-likeness (QED) is 0.271. The van der Waals surface area contributed by atoms with Gasteiger partial charge in [0.05, 0.1) is 0 Å². The van der Waals surface area contributed by atoms with Gasteiger partial charge in [-0.2, -0.15) is 6.08 Å². The number of fused-ring (bicyclic) bond motifs is 3. The Morgan fingerprint density at radius 3 is 1.82 bits per heavy atom. The van der Waals surface area contributed by atoms with Crippen LogP contribution in [-0.4, -0.2) is 16.3 Å². The van der Waals surface area contributed by atoms with Crippen LogP contribution in [0.25, 0.3) is 21.5 Å². The summed E-state index contributed by atoms with van der Waals surface area (Å²) in [5, 5.41) is 5.46. The number of hydrogen-bond acceptors (Lipinski definition) is 1. The van der Waals surface area contributed by atoms with E-state index in [1.54, 1.807) is 0 Å². The monoisotopic (exact) mass is 627 g/mol. The molecule has 4 heteroatoms. The molecule has 0 aliphatic heterocycles. The molecule has 1 aliphatic carbocycles. The van der Waals surface area contributed by atoms with Gasteiger partial charge >= 0.3 is 99.2 Å². The molecule has 0 N–H and O–H groups in total. The molecule has 0 saturated heterocycles. The van der Waals surface area contributed by atoms with Gasteiger partial charge in [0.1, 0.15) is 0 Å². The minimum atomic E-state index is 0. The molecular weight excluding hydrogens is 597 g/mol. The van der Waals surface area contributed by atoms with E-state index in [4.69, 9.17) is 0 Å². The number of hydrogen-bond donors (Lipinski definition) is 0. The average Bonchev–Trinajstić information content (AvgIpc) is 3.67. The van der Waals surface area contributed by atoms with Crippen LogP contribution in [0.2, 0.25) is 0 Å². The predicted octanol–water partition coefficient (Wildman–Crippen LogP) is 2.67. The predicted molar refractivity (Wildman–Crippen MR) is 158 cm³/mol. The minimum absolute atomic E-state index is 0. The normalized spacial score (nSPS) is 11.0. The fourth-order valence-electron chi connectivity index (χ4n) is 4.53. The third-order valence-electron chi connectivity index (χ3n) is 6.43. The van der Waals surface area contributed by atoms with Gasteiger partial charge in [-0.25, -0.2) is 12.2 Å². The molecule has 0 unspecified atom stereocenters. The van der Waals surface area contributed by atoms with E-state index in [0.717, 1.165) is 19.5 Å². The summed E-state index contributed by atoms with van der Waals surface area (Å²) in [5.41, 5.74) is 4.02. The fourth-order valence-corrected chi connectivity index (χ4v) is 5.35. The molecule has 39 heavy (non-hydrogen) atoms. The van der Waals surface area contributed by atoms with E-state index < -0.39 is 0 Å². The fraction of sp³-hybridized carbons (Fsp3) is 0.143. The van der Waals surface area contributed by atoms with Crippen molar-refractivity contribution in [2.24, 2.45) is 0 Å². The first-order valence-corrected chi connectivity index (χ1v) is 14.2. The molecule has 0 aromatic heterocycles. The van der Waals surface area contributed by atoms with Gasteiger partial charge in [-0.1, -0.05) is 35.7 Å². The summed E-state index contributed by atoms with van der Waals surface area (Å²) in [4.78, 5) is 2.43. The van der Waals surface area contributed by atoms with Crippen molar-refractivity contribution in [1.29, 1.82) is 0 Å². The van der Waals surface area contributed by atoms with Gasteiger partial charge in [0.15, 0.2) is 0 Å². The van der Waals surface area contributed by atoms with E-state index in [1.165, 1.54) is 65.8 Å². The second-order valence-electron chi connectivity index (χ2n) is 8.76. The van der Waals surface area contributed by atoms with Gasteiger partial charge in [0.2, 0.25) is 0 Å². The molecule has 1 aliphatic rings. The van der Waals surface area contributed by atoms with Gasteiger partial charge in [0, 0.05) is 18.8 Å². The Balaban J connectivity index is 0.000000227. The zero-order valence-electron chi connectivity index (χ0n) is 22.4.